The lowest BCUT2D eigenvalue weighted by Crippen LogP contribution is -1.97. The van der Waals surface area contributed by atoms with Gasteiger partial charge in [-0.3, -0.25) is 4.40 Å². The van der Waals surface area contributed by atoms with Crippen LogP contribution in [0.4, 0.5) is 0 Å². The quantitative estimate of drug-likeness (QED) is 0.565. The van der Waals surface area contributed by atoms with Crippen LogP contribution in [0.15, 0.2) is 12.4 Å². The highest BCUT2D eigenvalue weighted by molar-refractivity contribution is 5.41. The number of hydrogen-bond acceptors (Lipinski definition) is 3. The van der Waals surface area contributed by atoms with Crippen LogP contribution in [0.5, 0.6) is 0 Å². The van der Waals surface area contributed by atoms with E-state index in [1.165, 1.54) is 0 Å². The van der Waals surface area contributed by atoms with Crippen molar-refractivity contribution in [2.24, 2.45) is 0 Å². The number of nitrogens with zero attached hydrogens (tertiary/aromatic N) is 4. The average molecular weight is 157 g/mol. The average Bonchev–Trinajstić information content (AvgIpc) is 2.52. The summed E-state index contributed by atoms with van der Waals surface area (Å²) in [5.41, 5.74) is 1.77. The summed E-state index contributed by atoms with van der Waals surface area (Å²) in [5.74, 6) is 0. The predicted octanol–water partition coefficient (Wildman–Crippen LogP) is 0.710. The zero-order chi connectivity index (χ0) is 8.55. The number of aryl methyl sites for hydroxylation is 1. The van der Waals surface area contributed by atoms with Crippen LogP contribution in [0.3, 0.4) is 0 Å². The minimum absolute atomic E-state index is 0.515. The molecule has 0 aliphatic carbocycles. The van der Waals surface area contributed by atoms with Crippen molar-refractivity contribution in [3.63, 3.8) is 0 Å². The zero-order valence-corrected chi connectivity index (χ0v) is 6.44. The van der Waals surface area contributed by atoms with Crippen molar-refractivity contribution in [3.8, 4) is 6.07 Å². The Morgan fingerprint density at radius 2 is 2.50 bits per heavy atom. The highest BCUT2D eigenvalue weighted by atomic mass is 15.0. The number of imidazole rings is 1. The van der Waals surface area contributed by atoms with Gasteiger partial charge < -0.3 is 0 Å². The van der Waals surface area contributed by atoms with Crippen LogP contribution in [-0.4, -0.2) is 14.4 Å². The number of fused-ring (bicyclic) bond motifs is 1. The molecule has 57 valence electrons. The van der Waals surface area contributed by atoms with E-state index in [0.29, 0.717) is 17.0 Å². The van der Waals surface area contributed by atoms with Gasteiger partial charge in [0.15, 0.2) is 5.65 Å². The molecule has 4 heteroatoms. The summed E-state index contributed by atoms with van der Waals surface area (Å²) in [7, 11) is 0. The van der Waals surface area contributed by atoms with E-state index in [1.54, 1.807) is 23.7 Å². The first-order chi connectivity index (χ1) is 5.83. The van der Waals surface area contributed by atoms with Crippen LogP contribution in [0.1, 0.15) is 11.4 Å². The van der Waals surface area contributed by atoms with Gasteiger partial charge in [-0.1, -0.05) is 0 Å². The lowest BCUT2D eigenvalue weighted by Gasteiger charge is -1.97. The van der Waals surface area contributed by atoms with E-state index in [0.717, 1.165) is 0 Å². The maximum Gasteiger partial charge on any atom is 0.166 e. The molecule has 0 saturated carbocycles. The van der Waals surface area contributed by atoms with Gasteiger partial charge in [-0.25, -0.2) is 9.97 Å². The molecule has 4 nitrogen and oxygen atoms in total. The SMILES string of the molecule is Cc1n[c]c2nccn2c1C#N. The molecular formula is C8H5N4. The predicted molar refractivity (Wildman–Crippen MR) is 41.3 cm³/mol. The maximum atomic E-state index is 8.78. The van der Waals surface area contributed by atoms with Crippen molar-refractivity contribution in [1.82, 2.24) is 14.4 Å². The number of nitriles is 1. The third-order valence-corrected chi connectivity index (χ3v) is 1.65. The molecular weight excluding hydrogens is 152 g/mol. The molecule has 0 aliphatic rings. The Balaban J connectivity index is 2.94. The van der Waals surface area contributed by atoms with Crippen LogP contribution in [-0.2, 0) is 0 Å². The van der Waals surface area contributed by atoms with E-state index >= 15 is 0 Å². The molecule has 1 radical (unpaired) electrons. The summed E-state index contributed by atoms with van der Waals surface area (Å²) in [6.07, 6.45) is 6.06. The van der Waals surface area contributed by atoms with Crippen molar-refractivity contribution in [2.75, 3.05) is 0 Å². The molecule has 0 unspecified atom stereocenters. The molecule has 0 fully saturated rings. The fourth-order valence-electron chi connectivity index (χ4n) is 1.06. The Morgan fingerprint density at radius 1 is 1.67 bits per heavy atom. The summed E-state index contributed by atoms with van der Waals surface area (Å²) < 4.78 is 1.67. The summed E-state index contributed by atoms with van der Waals surface area (Å²) in [5, 5.41) is 8.78. The van der Waals surface area contributed by atoms with Crippen LogP contribution in [0.2, 0.25) is 0 Å². The van der Waals surface area contributed by atoms with E-state index in [9.17, 15) is 0 Å². The Morgan fingerprint density at radius 3 is 3.25 bits per heavy atom. The summed E-state index contributed by atoms with van der Waals surface area (Å²) >= 11 is 0. The van der Waals surface area contributed by atoms with Crippen molar-refractivity contribution in [3.05, 3.63) is 30.0 Å². The van der Waals surface area contributed by atoms with E-state index in [4.69, 9.17) is 5.26 Å². The van der Waals surface area contributed by atoms with Crippen LogP contribution < -0.4 is 0 Å². The van der Waals surface area contributed by atoms with Crippen LogP contribution in [0.25, 0.3) is 5.65 Å². The molecule has 2 rings (SSSR count). The van der Waals surface area contributed by atoms with E-state index in [1.807, 2.05) is 0 Å². The van der Waals surface area contributed by atoms with Crippen molar-refractivity contribution in [2.45, 2.75) is 6.92 Å². The lowest BCUT2D eigenvalue weighted by molar-refractivity contribution is 1.03. The van der Waals surface area contributed by atoms with Crippen molar-refractivity contribution < 1.29 is 0 Å². The Bertz CT molecular complexity index is 463. The van der Waals surface area contributed by atoms with Crippen molar-refractivity contribution in [1.29, 1.82) is 5.26 Å². The molecule has 0 bridgehead atoms. The van der Waals surface area contributed by atoms with Gasteiger partial charge in [0, 0.05) is 12.4 Å². The third kappa shape index (κ3) is 0.768. The largest absolute Gasteiger partial charge is 0.288 e. The molecule has 0 N–H and O–H groups in total. The number of rotatable bonds is 0. The summed E-state index contributed by atoms with van der Waals surface area (Å²) in [6.45, 7) is 1.77. The number of hydrogen-bond donors (Lipinski definition) is 0. The third-order valence-electron chi connectivity index (χ3n) is 1.65. The van der Waals surface area contributed by atoms with Crippen molar-refractivity contribution >= 4 is 5.65 Å². The molecule has 0 spiro atoms. The maximum absolute atomic E-state index is 8.78. The first-order valence-electron chi connectivity index (χ1n) is 3.44. The van der Waals surface area contributed by atoms with Gasteiger partial charge in [-0.05, 0) is 6.92 Å². The standard InChI is InChI=1S/C8H5N4/c1-6-7(4-9)12-3-2-10-8(12)5-11-6/h2-3H,1H3. The van der Waals surface area contributed by atoms with Gasteiger partial charge in [-0.15, -0.1) is 0 Å². The monoisotopic (exact) mass is 157 g/mol. The first kappa shape index (κ1) is 6.80. The smallest absolute Gasteiger partial charge is 0.166 e. The normalized spacial score (nSPS) is 10.0. The summed E-state index contributed by atoms with van der Waals surface area (Å²) in [6, 6.07) is 2.06. The molecule has 12 heavy (non-hydrogen) atoms. The van der Waals surface area contributed by atoms with Gasteiger partial charge in [-0.2, -0.15) is 5.26 Å². The molecule has 0 aliphatic heterocycles. The molecule has 2 heterocycles. The fourth-order valence-corrected chi connectivity index (χ4v) is 1.06. The molecule has 0 aromatic carbocycles. The van der Waals surface area contributed by atoms with Gasteiger partial charge in [0.2, 0.25) is 0 Å². The molecule has 0 saturated heterocycles. The van der Waals surface area contributed by atoms with E-state index < -0.39 is 0 Å². The molecule has 0 amide bonds. The van der Waals surface area contributed by atoms with Gasteiger partial charge in [0.05, 0.1) is 5.69 Å². The van der Waals surface area contributed by atoms with Crippen LogP contribution >= 0.6 is 0 Å². The topological polar surface area (TPSA) is 54.0 Å². The Labute approximate surface area is 69.1 Å². The fraction of sp³-hybridized carbons (Fsp3) is 0.125. The second-order valence-corrected chi connectivity index (χ2v) is 2.39. The second-order valence-electron chi connectivity index (χ2n) is 2.39. The first-order valence-corrected chi connectivity index (χ1v) is 3.44. The van der Waals surface area contributed by atoms with Gasteiger partial charge in [0.25, 0.3) is 0 Å². The molecule has 0 atom stereocenters. The number of aromatic nitrogens is 3. The molecule has 2 aromatic heterocycles. The van der Waals surface area contributed by atoms with Gasteiger partial charge >= 0.3 is 0 Å². The Hall–Kier alpha value is -1.89. The second kappa shape index (κ2) is 2.31. The highest BCUT2D eigenvalue weighted by Gasteiger charge is 2.04. The van der Waals surface area contributed by atoms with Gasteiger partial charge in [0.1, 0.15) is 18.0 Å². The minimum atomic E-state index is 0.515. The lowest BCUT2D eigenvalue weighted by atomic mass is 10.3. The minimum Gasteiger partial charge on any atom is -0.288 e. The Kier molecular flexibility index (Phi) is 1.31. The molecule has 2 aromatic rings. The van der Waals surface area contributed by atoms with E-state index in [-0.39, 0.29) is 0 Å². The summed E-state index contributed by atoms with van der Waals surface area (Å²) in [4.78, 5) is 7.88. The zero-order valence-electron chi connectivity index (χ0n) is 6.44. The highest BCUT2D eigenvalue weighted by Crippen LogP contribution is 2.05. The van der Waals surface area contributed by atoms with Crippen LogP contribution in [0, 0.1) is 24.5 Å². The van der Waals surface area contributed by atoms with E-state index in [2.05, 4.69) is 22.2 Å².